The van der Waals surface area contributed by atoms with Crippen molar-refractivity contribution in [3.8, 4) is 0 Å². The summed E-state index contributed by atoms with van der Waals surface area (Å²) >= 11 is 1.06. The summed E-state index contributed by atoms with van der Waals surface area (Å²) in [5.74, 6) is -0.413. The monoisotopic (exact) mass is 397 g/mol. The molecule has 1 atom stereocenters. The number of nitro groups is 1. The van der Waals surface area contributed by atoms with Gasteiger partial charge in [0.2, 0.25) is 10.0 Å². The van der Waals surface area contributed by atoms with Gasteiger partial charge in [0.05, 0.1) is 25.6 Å². The first kappa shape index (κ1) is 20.0. The van der Waals surface area contributed by atoms with Crippen molar-refractivity contribution < 1.29 is 18.1 Å². The summed E-state index contributed by atoms with van der Waals surface area (Å²) in [6.07, 6.45) is 0. The molecule has 26 heavy (non-hydrogen) atoms. The second kappa shape index (κ2) is 7.52. The van der Waals surface area contributed by atoms with E-state index in [0.717, 1.165) is 21.2 Å². The van der Waals surface area contributed by atoms with Crippen molar-refractivity contribution in [1.29, 1.82) is 0 Å². The van der Waals surface area contributed by atoms with Gasteiger partial charge in [0.15, 0.2) is 0 Å². The van der Waals surface area contributed by atoms with E-state index in [1.54, 1.807) is 26.0 Å². The highest BCUT2D eigenvalue weighted by atomic mass is 32.2. The molecule has 0 saturated heterocycles. The molecule has 2 aromatic rings. The van der Waals surface area contributed by atoms with Crippen molar-refractivity contribution in [1.82, 2.24) is 9.62 Å². The summed E-state index contributed by atoms with van der Waals surface area (Å²) in [5, 5.41) is 13.7. The van der Waals surface area contributed by atoms with Crippen LogP contribution in [0.4, 0.5) is 5.69 Å². The number of nitrogens with zero attached hydrogens (tertiary/aromatic N) is 2. The Labute approximate surface area is 155 Å². The van der Waals surface area contributed by atoms with Gasteiger partial charge in [-0.1, -0.05) is 12.1 Å². The maximum atomic E-state index is 12.3. The average molecular weight is 397 g/mol. The van der Waals surface area contributed by atoms with Gasteiger partial charge >= 0.3 is 0 Å². The van der Waals surface area contributed by atoms with Crippen LogP contribution in [0.15, 0.2) is 35.2 Å². The third kappa shape index (κ3) is 4.09. The van der Waals surface area contributed by atoms with Crippen LogP contribution in [0.2, 0.25) is 0 Å². The third-order valence-electron chi connectivity index (χ3n) is 3.82. The molecule has 8 nitrogen and oxygen atoms in total. The molecular weight excluding hydrogens is 378 g/mol. The maximum Gasteiger partial charge on any atom is 0.283 e. The number of rotatable bonds is 6. The molecule has 0 aliphatic heterocycles. The molecule has 1 heterocycles. The Morgan fingerprint density at radius 2 is 1.85 bits per heavy atom. The van der Waals surface area contributed by atoms with E-state index in [9.17, 15) is 23.3 Å². The lowest BCUT2D eigenvalue weighted by atomic mass is 10.1. The van der Waals surface area contributed by atoms with Crippen molar-refractivity contribution in [2.75, 3.05) is 14.1 Å². The van der Waals surface area contributed by atoms with Gasteiger partial charge in [-0.3, -0.25) is 14.9 Å². The zero-order chi connectivity index (χ0) is 19.6. The normalized spacial score (nSPS) is 12.8. The fourth-order valence-corrected chi connectivity index (χ4v) is 4.05. The zero-order valence-electron chi connectivity index (χ0n) is 14.7. The van der Waals surface area contributed by atoms with Crippen molar-refractivity contribution in [3.05, 3.63) is 55.8 Å². The van der Waals surface area contributed by atoms with Crippen molar-refractivity contribution in [3.63, 3.8) is 0 Å². The number of nitrogens with one attached hydrogen (secondary N) is 1. The fraction of sp³-hybridized carbons (Fsp3) is 0.312. The molecule has 1 N–H and O–H groups in total. The van der Waals surface area contributed by atoms with E-state index in [1.165, 1.54) is 32.3 Å². The average Bonchev–Trinajstić information content (AvgIpc) is 2.97. The Hall–Kier alpha value is -2.30. The number of hydrogen-bond acceptors (Lipinski definition) is 6. The molecule has 0 aliphatic rings. The highest BCUT2D eigenvalue weighted by Crippen LogP contribution is 2.28. The molecule has 0 fully saturated rings. The first-order chi connectivity index (χ1) is 12.0. The molecule has 0 saturated carbocycles. The predicted molar refractivity (Wildman–Crippen MR) is 98.9 cm³/mol. The van der Waals surface area contributed by atoms with Crippen LogP contribution >= 0.6 is 11.3 Å². The molecule has 0 radical (unpaired) electrons. The van der Waals surface area contributed by atoms with Crippen LogP contribution in [0, 0.1) is 17.0 Å². The third-order valence-corrected chi connectivity index (χ3v) is 6.69. The largest absolute Gasteiger partial charge is 0.345 e. The smallest absolute Gasteiger partial charge is 0.283 e. The second-order valence-corrected chi connectivity index (χ2v) is 9.27. The van der Waals surface area contributed by atoms with Crippen LogP contribution in [0.1, 0.15) is 33.1 Å². The van der Waals surface area contributed by atoms with Gasteiger partial charge in [0.1, 0.15) is 0 Å². The van der Waals surface area contributed by atoms with Gasteiger partial charge < -0.3 is 5.32 Å². The van der Waals surface area contributed by atoms with Crippen LogP contribution < -0.4 is 5.32 Å². The molecule has 0 spiro atoms. The van der Waals surface area contributed by atoms with E-state index in [1.807, 2.05) is 0 Å². The van der Waals surface area contributed by atoms with Gasteiger partial charge in [-0.15, -0.1) is 11.3 Å². The molecule has 2 rings (SSSR count). The minimum absolute atomic E-state index is 0.0777. The molecule has 0 aliphatic carbocycles. The Morgan fingerprint density at radius 1 is 1.27 bits per heavy atom. The summed E-state index contributed by atoms with van der Waals surface area (Å²) in [5.41, 5.74) is 0.643. The van der Waals surface area contributed by atoms with E-state index in [0.29, 0.717) is 4.88 Å². The number of amides is 1. The van der Waals surface area contributed by atoms with Gasteiger partial charge in [-0.25, -0.2) is 12.7 Å². The van der Waals surface area contributed by atoms with Gasteiger partial charge in [0.25, 0.3) is 11.6 Å². The summed E-state index contributed by atoms with van der Waals surface area (Å²) in [4.78, 5) is 23.6. The maximum absolute atomic E-state index is 12.3. The van der Waals surface area contributed by atoms with Crippen LogP contribution in [0.5, 0.6) is 0 Å². The summed E-state index contributed by atoms with van der Waals surface area (Å²) in [6.45, 7) is 3.34. The molecule has 0 bridgehead atoms. The van der Waals surface area contributed by atoms with Crippen LogP contribution in [-0.4, -0.2) is 37.6 Å². The number of carbonyl (C=O) groups is 1. The lowest BCUT2D eigenvalue weighted by Crippen LogP contribution is -2.26. The fourth-order valence-electron chi connectivity index (χ4n) is 2.26. The summed E-state index contributed by atoms with van der Waals surface area (Å²) in [6, 6.07) is 7.09. The molecule has 1 aromatic carbocycles. The highest BCUT2D eigenvalue weighted by Gasteiger charge is 2.21. The van der Waals surface area contributed by atoms with Crippen LogP contribution in [0.3, 0.4) is 0 Å². The Morgan fingerprint density at radius 3 is 2.31 bits per heavy atom. The molecule has 10 heteroatoms. The Kier molecular flexibility index (Phi) is 5.79. The Bertz CT molecular complexity index is 933. The number of thiophene rings is 1. The number of aryl methyl sites for hydroxylation is 1. The molecular formula is C16H19N3O5S2. The van der Waals surface area contributed by atoms with Gasteiger partial charge in [0, 0.05) is 20.2 Å². The van der Waals surface area contributed by atoms with Crippen molar-refractivity contribution in [2.45, 2.75) is 24.8 Å². The van der Waals surface area contributed by atoms with Gasteiger partial charge in [-0.05, 0) is 31.5 Å². The van der Waals surface area contributed by atoms with E-state index >= 15 is 0 Å². The van der Waals surface area contributed by atoms with Crippen LogP contribution in [-0.2, 0) is 10.0 Å². The summed E-state index contributed by atoms with van der Waals surface area (Å²) in [7, 11) is -0.606. The highest BCUT2D eigenvalue weighted by molar-refractivity contribution is 7.89. The van der Waals surface area contributed by atoms with E-state index in [4.69, 9.17) is 0 Å². The molecule has 1 aromatic heterocycles. The minimum Gasteiger partial charge on any atom is -0.345 e. The van der Waals surface area contributed by atoms with Crippen molar-refractivity contribution in [2.24, 2.45) is 0 Å². The molecule has 140 valence electrons. The number of benzene rings is 1. The summed E-state index contributed by atoms with van der Waals surface area (Å²) < 4.78 is 25.3. The second-order valence-electron chi connectivity index (χ2n) is 5.86. The van der Waals surface area contributed by atoms with Crippen LogP contribution in [0.25, 0.3) is 0 Å². The number of sulfonamides is 1. The topological polar surface area (TPSA) is 110 Å². The first-order valence-corrected chi connectivity index (χ1v) is 9.88. The number of hydrogen-bond donors (Lipinski definition) is 1. The van der Waals surface area contributed by atoms with Crippen molar-refractivity contribution >= 4 is 33.0 Å². The quantitative estimate of drug-likeness (QED) is 0.595. The lowest BCUT2D eigenvalue weighted by Gasteiger charge is -2.15. The Balaban J connectivity index is 2.15. The lowest BCUT2D eigenvalue weighted by molar-refractivity contribution is -0.385. The van der Waals surface area contributed by atoms with E-state index < -0.39 is 20.9 Å². The molecule has 0 unspecified atom stereocenters. The number of carbonyl (C=O) groups excluding carboxylic acids is 1. The zero-order valence-corrected chi connectivity index (χ0v) is 16.3. The van der Waals surface area contributed by atoms with Gasteiger partial charge in [-0.2, -0.15) is 0 Å². The minimum atomic E-state index is -3.51. The standard InChI is InChI=1S/C16H19N3O5S2/c1-10(12-5-7-13(8-6-12)26(23,24)18(3)4)17-16(20)15-9-14(19(21)22)11(2)25-15/h5-10H,1-4H3,(H,17,20)/t10-/m0/s1. The molecule has 1 amide bonds. The van der Waals surface area contributed by atoms with E-state index in [-0.39, 0.29) is 21.5 Å². The first-order valence-electron chi connectivity index (χ1n) is 7.62. The predicted octanol–water partition coefficient (Wildman–Crippen LogP) is 2.71. The SMILES string of the molecule is Cc1sc(C(=O)N[C@@H](C)c2ccc(S(=O)(=O)N(C)C)cc2)cc1[N+](=O)[O-]. The van der Waals surface area contributed by atoms with E-state index in [2.05, 4.69) is 5.32 Å².